The zero-order valence-corrected chi connectivity index (χ0v) is 10.4. The minimum atomic E-state index is -4.44. The number of carbonyl (C=O) groups is 2. The second kappa shape index (κ2) is 5.15. The zero-order valence-electron chi connectivity index (χ0n) is 10.4. The van der Waals surface area contributed by atoms with Crippen LogP contribution in [0.5, 0.6) is 0 Å². The summed E-state index contributed by atoms with van der Waals surface area (Å²) in [4.78, 5) is 23.9. The summed E-state index contributed by atoms with van der Waals surface area (Å²) in [5.74, 6) is -1.97. The molecular weight excluding hydrogens is 275 g/mol. The van der Waals surface area contributed by atoms with Gasteiger partial charge < -0.3 is 10.0 Å². The summed E-state index contributed by atoms with van der Waals surface area (Å²) in [5, 5.41) is 8.95. The first kappa shape index (κ1) is 14.4. The number of hydrogen-bond donors (Lipinski definition) is 1. The van der Waals surface area contributed by atoms with Gasteiger partial charge in [0.2, 0.25) is 5.91 Å². The molecule has 0 aromatic heterocycles. The standard InChI is InChI=1S/C13H12F3NO3/c14-13(15,16)9-2-4-10(5-3-9)17-7-8(12(19)20)1-6-11(17)18/h2-5,8H,1,6-7H2,(H,19,20). The molecule has 7 heteroatoms. The Labute approximate surface area is 112 Å². The Kier molecular flexibility index (Phi) is 3.69. The van der Waals surface area contributed by atoms with Gasteiger partial charge in [-0.15, -0.1) is 0 Å². The van der Waals surface area contributed by atoms with Crippen molar-refractivity contribution in [2.24, 2.45) is 5.92 Å². The van der Waals surface area contributed by atoms with Crippen molar-refractivity contribution in [3.05, 3.63) is 29.8 Å². The molecule has 1 saturated heterocycles. The molecule has 1 fully saturated rings. The first-order valence-corrected chi connectivity index (χ1v) is 5.99. The third-order valence-corrected chi connectivity index (χ3v) is 3.27. The summed E-state index contributed by atoms with van der Waals surface area (Å²) in [6.45, 7) is -0.0144. The highest BCUT2D eigenvalue weighted by atomic mass is 19.4. The predicted molar refractivity (Wildman–Crippen MR) is 64.2 cm³/mol. The summed E-state index contributed by atoms with van der Waals surface area (Å²) in [6.07, 6.45) is -4.10. The van der Waals surface area contributed by atoms with Crippen molar-refractivity contribution in [3.8, 4) is 0 Å². The fourth-order valence-corrected chi connectivity index (χ4v) is 2.13. The Balaban J connectivity index is 2.21. The molecule has 0 aliphatic carbocycles. The Morgan fingerprint density at radius 1 is 1.25 bits per heavy atom. The van der Waals surface area contributed by atoms with Crippen LogP contribution in [0.2, 0.25) is 0 Å². The number of halogens is 3. The summed E-state index contributed by atoms with van der Waals surface area (Å²) < 4.78 is 37.3. The Morgan fingerprint density at radius 3 is 2.35 bits per heavy atom. The van der Waals surface area contributed by atoms with Gasteiger partial charge in [-0.1, -0.05) is 0 Å². The highest BCUT2D eigenvalue weighted by Crippen LogP contribution is 2.31. The number of rotatable bonds is 2. The van der Waals surface area contributed by atoms with E-state index in [2.05, 4.69) is 0 Å². The number of carboxylic acids is 1. The molecule has 0 saturated carbocycles. The van der Waals surface area contributed by atoms with Crippen molar-refractivity contribution >= 4 is 17.6 Å². The number of carboxylic acid groups (broad SMARTS) is 1. The van der Waals surface area contributed by atoms with Crippen LogP contribution in [-0.2, 0) is 15.8 Å². The summed E-state index contributed by atoms with van der Waals surface area (Å²) in [6, 6.07) is 4.13. The lowest BCUT2D eigenvalue weighted by molar-refractivity contribution is -0.142. The van der Waals surface area contributed by atoms with E-state index in [1.54, 1.807) is 0 Å². The molecule has 4 nitrogen and oxygen atoms in total. The van der Waals surface area contributed by atoms with Gasteiger partial charge in [-0.25, -0.2) is 0 Å². The molecule has 0 bridgehead atoms. The Bertz CT molecular complexity index is 525. The second-order valence-electron chi connectivity index (χ2n) is 4.62. The number of benzene rings is 1. The van der Waals surface area contributed by atoms with Gasteiger partial charge in [0.25, 0.3) is 0 Å². The van der Waals surface area contributed by atoms with Gasteiger partial charge in [-0.3, -0.25) is 9.59 Å². The third kappa shape index (κ3) is 2.92. The summed E-state index contributed by atoms with van der Waals surface area (Å²) >= 11 is 0. The minimum Gasteiger partial charge on any atom is -0.481 e. The fraction of sp³-hybridized carbons (Fsp3) is 0.385. The molecule has 1 aliphatic heterocycles. The average molecular weight is 287 g/mol. The third-order valence-electron chi connectivity index (χ3n) is 3.27. The van der Waals surface area contributed by atoms with Crippen LogP contribution in [0.4, 0.5) is 18.9 Å². The molecule has 0 radical (unpaired) electrons. The van der Waals surface area contributed by atoms with E-state index in [4.69, 9.17) is 5.11 Å². The SMILES string of the molecule is O=C(O)C1CCC(=O)N(c2ccc(C(F)(F)F)cc2)C1. The molecule has 0 spiro atoms. The topological polar surface area (TPSA) is 57.6 Å². The van der Waals surface area contributed by atoms with Crippen molar-refractivity contribution < 1.29 is 27.9 Å². The van der Waals surface area contributed by atoms with Gasteiger partial charge >= 0.3 is 12.1 Å². The minimum absolute atomic E-state index is 0.0144. The van der Waals surface area contributed by atoms with Crippen molar-refractivity contribution in [1.29, 1.82) is 0 Å². The van der Waals surface area contributed by atoms with Gasteiger partial charge in [0.05, 0.1) is 11.5 Å². The molecule has 1 N–H and O–H groups in total. The van der Waals surface area contributed by atoms with Gasteiger partial charge in [-0.2, -0.15) is 13.2 Å². The molecule has 2 rings (SSSR count). The van der Waals surface area contributed by atoms with Gasteiger partial charge in [0.1, 0.15) is 0 Å². The van der Waals surface area contributed by atoms with Crippen LogP contribution in [0.3, 0.4) is 0 Å². The number of nitrogens with zero attached hydrogens (tertiary/aromatic N) is 1. The second-order valence-corrected chi connectivity index (χ2v) is 4.62. The quantitative estimate of drug-likeness (QED) is 0.909. The lowest BCUT2D eigenvalue weighted by Crippen LogP contribution is -2.42. The smallest absolute Gasteiger partial charge is 0.416 e. The lowest BCUT2D eigenvalue weighted by atomic mass is 9.97. The number of piperidine rings is 1. The van der Waals surface area contributed by atoms with Crippen molar-refractivity contribution in [1.82, 2.24) is 0 Å². The van der Waals surface area contributed by atoms with E-state index in [1.807, 2.05) is 0 Å². The number of amides is 1. The number of alkyl halides is 3. The van der Waals surface area contributed by atoms with Crippen LogP contribution in [0.25, 0.3) is 0 Å². The molecule has 20 heavy (non-hydrogen) atoms. The van der Waals surface area contributed by atoms with E-state index in [9.17, 15) is 22.8 Å². The normalized spacial score (nSPS) is 20.1. The van der Waals surface area contributed by atoms with Crippen LogP contribution in [0.1, 0.15) is 18.4 Å². The molecular formula is C13H12F3NO3. The maximum absolute atomic E-state index is 12.4. The van der Waals surface area contributed by atoms with Crippen molar-refractivity contribution in [3.63, 3.8) is 0 Å². The first-order valence-electron chi connectivity index (χ1n) is 5.99. The number of anilines is 1. The molecule has 108 valence electrons. The number of aliphatic carboxylic acids is 1. The Morgan fingerprint density at radius 2 is 1.85 bits per heavy atom. The Hall–Kier alpha value is -2.05. The molecule has 1 atom stereocenters. The lowest BCUT2D eigenvalue weighted by Gasteiger charge is -2.30. The monoisotopic (exact) mass is 287 g/mol. The highest BCUT2D eigenvalue weighted by Gasteiger charge is 2.33. The van der Waals surface area contributed by atoms with Crippen molar-refractivity contribution in [2.45, 2.75) is 19.0 Å². The van der Waals surface area contributed by atoms with E-state index in [0.717, 1.165) is 12.1 Å². The van der Waals surface area contributed by atoms with Crippen molar-refractivity contribution in [2.75, 3.05) is 11.4 Å². The number of hydrogen-bond acceptors (Lipinski definition) is 2. The van der Waals surface area contributed by atoms with Crippen LogP contribution in [-0.4, -0.2) is 23.5 Å². The van der Waals surface area contributed by atoms with Gasteiger partial charge in [0.15, 0.2) is 0 Å². The number of carbonyl (C=O) groups excluding carboxylic acids is 1. The predicted octanol–water partition coefficient (Wildman–Crippen LogP) is 2.53. The van der Waals surface area contributed by atoms with E-state index >= 15 is 0 Å². The van der Waals surface area contributed by atoms with E-state index in [0.29, 0.717) is 0 Å². The summed E-state index contributed by atoms with van der Waals surface area (Å²) in [5.41, 5.74) is -0.519. The van der Waals surface area contributed by atoms with Crippen LogP contribution >= 0.6 is 0 Å². The van der Waals surface area contributed by atoms with Gasteiger partial charge in [0, 0.05) is 18.7 Å². The fourth-order valence-electron chi connectivity index (χ4n) is 2.13. The maximum atomic E-state index is 12.4. The van der Waals surface area contributed by atoms with Gasteiger partial charge in [-0.05, 0) is 30.7 Å². The van der Waals surface area contributed by atoms with Crippen LogP contribution < -0.4 is 4.90 Å². The largest absolute Gasteiger partial charge is 0.481 e. The van der Waals surface area contributed by atoms with E-state index in [-0.39, 0.29) is 31.0 Å². The van der Waals surface area contributed by atoms with Crippen LogP contribution in [0.15, 0.2) is 24.3 Å². The van der Waals surface area contributed by atoms with E-state index < -0.39 is 23.6 Å². The molecule has 1 unspecified atom stereocenters. The van der Waals surface area contributed by atoms with Crippen LogP contribution in [0, 0.1) is 5.92 Å². The molecule has 1 heterocycles. The summed E-state index contributed by atoms with van der Waals surface area (Å²) in [7, 11) is 0. The zero-order chi connectivity index (χ0) is 14.9. The molecule has 1 aromatic carbocycles. The highest BCUT2D eigenvalue weighted by molar-refractivity contribution is 5.95. The molecule has 1 aliphatic rings. The van der Waals surface area contributed by atoms with E-state index in [1.165, 1.54) is 17.0 Å². The maximum Gasteiger partial charge on any atom is 0.416 e. The molecule has 1 amide bonds. The average Bonchev–Trinajstić information content (AvgIpc) is 2.38. The first-order chi connectivity index (χ1) is 9.29. The molecule has 1 aromatic rings.